The van der Waals surface area contributed by atoms with Gasteiger partial charge in [-0.2, -0.15) is 0 Å². The lowest BCUT2D eigenvalue weighted by Crippen LogP contribution is -1.97. The summed E-state index contributed by atoms with van der Waals surface area (Å²) in [6.07, 6.45) is 15.0. The number of carbonyl (C=O) groups is 6. The first-order valence-corrected chi connectivity index (χ1v) is 6.69. The van der Waals surface area contributed by atoms with Crippen LogP contribution in [-0.2, 0) is 28.8 Å². The van der Waals surface area contributed by atoms with Gasteiger partial charge in [-0.3, -0.25) is 28.8 Å². The van der Waals surface area contributed by atoms with Crippen molar-refractivity contribution in [3.8, 4) is 0 Å². The molecule has 0 atom stereocenters. The second kappa shape index (κ2) is 9.47. The van der Waals surface area contributed by atoms with Crippen molar-refractivity contribution in [1.82, 2.24) is 0 Å². The molecule has 3 aliphatic carbocycles. The summed E-state index contributed by atoms with van der Waals surface area (Å²) in [6.45, 7) is 0. The summed E-state index contributed by atoms with van der Waals surface area (Å²) in [7, 11) is 0. The van der Waals surface area contributed by atoms with Crippen LogP contribution in [0.1, 0.15) is 0 Å². The molecule has 0 amide bonds. The van der Waals surface area contributed by atoms with Crippen LogP contribution < -0.4 is 0 Å². The third kappa shape index (κ3) is 8.04. The standard InChI is InChI=1S/3C6H4O2/c3*7-5-1-2-6(8)4-3-5/h3*1-4H. The molecule has 0 heterocycles. The van der Waals surface area contributed by atoms with Crippen LogP contribution in [-0.4, -0.2) is 34.7 Å². The zero-order valence-electron chi connectivity index (χ0n) is 12.4. The Morgan fingerprint density at radius 1 is 0.250 bits per heavy atom. The van der Waals surface area contributed by atoms with E-state index in [2.05, 4.69) is 0 Å². The SMILES string of the molecule is O=C1C=CC(=O)C=C1.O=C1C=CC(=O)C=C1.O=C1C=CC(=O)C=C1. The highest BCUT2D eigenvalue weighted by molar-refractivity contribution is 6.15. The predicted molar refractivity (Wildman–Crippen MR) is 84.9 cm³/mol. The lowest BCUT2D eigenvalue weighted by molar-refractivity contribution is -0.113. The van der Waals surface area contributed by atoms with Gasteiger partial charge in [-0.15, -0.1) is 0 Å². The lowest BCUT2D eigenvalue weighted by Gasteiger charge is -1.87. The van der Waals surface area contributed by atoms with Crippen LogP contribution in [0.25, 0.3) is 0 Å². The molecule has 0 aromatic heterocycles. The van der Waals surface area contributed by atoms with Gasteiger partial charge in [0.1, 0.15) is 0 Å². The minimum atomic E-state index is -0.121. The number of carbonyl (C=O) groups excluding carboxylic acids is 6. The second-order valence-electron chi connectivity index (χ2n) is 4.41. The summed E-state index contributed by atoms with van der Waals surface area (Å²) in [6, 6.07) is 0. The van der Waals surface area contributed by atoms with Gasteiger partial charge >= 0.3 is 0 Å². The first-order valence-electron chi connectivity index (χ1n) is 6.69. The minimum absolute atomic E-state index is 0.121. The van der Waals surface area contributed by atoms with Crippen LogP contribution in [0.3, 0.4) is 0 Å². The van der Waals surface area contributed by atoms with Crippen molar-refractivity contribution >= 4 is 34.7 Å². The van der Waals surface area contributed by atoms with Crippen LogP contribution in [0.15, 0.2) is 72.9 Å². The van der Waals surface area contributed by atoms with E-state index in [4.69, 9.17) is 0 Å². The maximum absolute atomic E-state index is 10.3. The van der Waals surface area contributed by atoms with E-state index in [1.165, 1.54) is 72.9 Å². The highest BCUT2D eigenvalue weighted by Gasteiger charge is 1.99. The number of hydrogen-bond acceptors (Lipinski definition) is 6. The molecule has 0 aliphatic heterocycles. The zero-order chi connectivity index (χ0) is 17.9. The van der Waals surface area contributed by atoms with Gasteiger partial charge in [0.25, 0.3) is 0 Å². The number of ketones is 6. The summed E-state index contributed by atoms with van der Waals surface area (Å²) in [5.41, 5.74) is 0. The number of allylic oxidation sites excluding steroid dienone is 12. The molecular weight excluding hydrogens is 312 g/mol. The van der Waals surface area contributed by atoms with Crippen LogP contribution >= 0.6 is 0 Å². The Labute approximate surface area is 137 Å². The van der Waals surface area contributed by atoms with Gasteiger partial charge in [-0.25, -0.2) is 0 Å². The smallest absolute Gasteiger partial charge is 0.178 e. The Morgan fingerprint density at radius 3 is 0.417 bits per heavy atom. The topological polar surface area (TPSA) is 102 Å². The minimum Gasteiger partial charge on any atom is -0.290 e. The lowest BCUT2D eigenvalue weighted by atomic mass is 10.2. The Morgan fingerprint density at radius 2 is 0.333 bits per heavy atom. The van der Waals surface area contributed by atoms with E-state index in [0.29, 0.717) is 0 Å². The fraction of sp³-hybridized carbons (Fsp3) is 0. The van der Waals surface area contributed by atoms with Crippen molar-refractivity contribution in [2.24, 2.45) is 0 Å². The molecule has 0 unspecified atom stereocenters. The molecular formula is C18H12O6. The largest absolute Gasteiger partial charge is 0.290 e. The van der Waals surface area contributed by atoms with Gasteiger partial charge in [-0.1, -0.05) is 0 Å². The maximum Gasteiger partial charge on any atom is 0.178 e. The Kier molecular flexibility index (Phi) is 7.30. The average molecular weight is 324 g/mol. The van der Waals surface area contributed by atoms with Gasteiger partial charge in [0, 0.05) is 0 Å². The van der Waals surface area contributed by atoms with Crippen LogP contribution in [0.4, 0.5) is 0 Å². The van der Waals surface area contributed by atoms with E-state index in [1.807, 2.05) is 0 Å². The molecule has 0 saturated heterocycles. The summed E-state index contributed by atoms with van der Waals surface area (Å²) in [5, 5.41) is 0. The summed E-state index contributed by atoms with van der Waals surface area (Å²) >= 11 is 0. The molecule has 6 heteroatoms. The molecule has 6 nitrogen and oxygen atoms in total. The van der Waals surface area contributed by atoms with Crippen molar-refractivity contribution in [2.75, 3.05) is 0 Å². The third-order valence-electron chi connectivity index (χ3n) is 2.47. The fourth-order valence-electron chi connectivity index (χ4n) is 1.32. The maximum atomic E-state index is 10.3. The van der Waals surface area contributed by atoms with Gasteiger partial charge in [0.15, 0.2) is 34.7 Å². The van der Waals surface area contributed by atoms with E-state index in [9.17, 15) is 28.8 Å². The molecule has 0 bridgehead atoms. The number of hydrogen-bond donors (Lipinski definition) is 0. The third-order valence-corrected chi connectivity index (χ3v) is 2.47. The molecule has 3 aliphatic rings. The summed E-state index contributed by atoms with van der Waals surface area (Å²) < 4.78 is 0. The Bertz CT molecular complexity index is 551. The van der Waals surface area contributed by atoms with E-state index in [0.717, 1.165) is 0 Å². The quantitative estimate of drug-likeness (QED) is 0.609. The first-order chi connectivity index (χ1) is 11.4. The summed E-state index contributed by atoms with van der Waals surface area (Å²) in [4.78, 5) is 61.7. The van der Waals surface area contributed by atoms with Crippen LogP contribution in [0.2, 0.25) is 0 Å². The monoisotopic (exact) mass is 324 g/mol. The highest BCUT2D eigenvalue weighted by Crippen LogP contribution is 1.92. The Hall–Kier alpha value is -3.54. The summed E-state index contributed by atoms with van der Waals surface area (Å²) in [5.74, 6) is -0.724. The second-order valence-corrected chi connectivity index (χ2v) is 4.41. The van der Waals surface area contributed by atoms with E-state index < -0.39 is 0 Å². The van der Waals surface area contributed by atoms with Crippen LogP contribution in [0, 0.1) is 0 Å². The molecule has 0 fully saturated rings. The van der Waals surface area contributed by atoms with Crippen molar-refractivity contribution in [1.29, 1.82) is 0 Å². The predicted octanol–water partition coefficient (Wildman–Crippen LogP) is 0.752. The molecule has 0 N–H and O–H groups in total. The molecule has 0 aromatic rings. The normalized spacial score (nSPS) is 17.5. The van der Waals surface area contributed by atoms with Gasteiger partial charge in [0.05, 0.1) is 0 Å². The molecule has 0 aromatic carbocycles. The van der Waals surface area contributed by atoms with E-state index in [-0.39, 0.29) is 34.7 Å². The zero-order valence-corrected chi connectivity index (χ0v) is 12.4. The molecule has 120 valence electrons. The molecule has 24 heavy (non-hydrogen) atoms. The van der Waals surface area contributed by atoms with Crippen molar-refractivity contribution in [3.05, 3.63) is 72.9 Å². The average Bonchev–Trinajstić information content (AvgIpc) is 2.57. The first kappa shape index (κ1) is 18.5. The van der Waals surface area contributed by atoms with Crippen molar-refractivity contribution in [2.45, 2.75) is 0 Å². The van der Waals surface area contributed by atoms with E-state index >= 15 is 0 Å². The molecule has 0 saturated carbocycles. The van der Waals surface area contributed by atoms with Gasteiger partial charge in [0.2, 0.25) is 0 Å². The van der Waals surface area contributed by atoms with Gasteiger partial charge in [-0.05, 0) is 72.9 Å². The molecule has 0 radical (unpaired) electrons. The number of rotatable bonds is 0. The molecule has 3 rings (SSSR count). The molecule has 0 spiro atoms. The van der Waals surface area contributed by atoms with E-state index in [1.54, 1.807) is 0 Å². The van der Waals surface area contributed by atoms with Gasteiger partial charge < -0.3 is 0 Å². The van der Waals surface area contributed by atoms with Crippen molar-refractivity contribution in [3.63, 3.8) is 0 Å². The fourth-order valence-corrected chi connectivity index (χ4v) is 1.32. The van der Waals surface area contributed by atoms with Crippen LogP contribution in [0.5, 0.6) is 0 Å². The Balaban J connectivity index is 0.000000180. The highest BCUT2D eigenvalue weighted by atomic mass is 16.1. The van der Waals surface area contributed by atoms with Crippen molar-refractivity contribution < 1.29 is 28.8 Å².